The number of fused-ring (bicyclic) bond motifs is 4. The van der Waals surface area contributed by atoms with E-state index in [4.69, 9.17) is 5.73 Å². The maximum atomic E-state index is 12.9. The van der Waals surface area contributed by atoms with E-state index in [1.807, 2.05) is 41.0 Å². The highest BCUT2D eigenvalue weighted by Crippen LogP contribution is 2.29. The van der Waals surface area contributed by atoms with E-state index in [1.54, 1.807) is 24.3 Å². The minimum absolute atomic E-state index is 0.0132. The molecule has 7 heteroatoms. The Labute approximate surface area is 176 Å². The zero-order chi connectivity index (χ0) is 21.5. The molecule has 0 aliphatic rings. The molecule has 1 amide bonds. The van der Waals surface area contributed by atoms with Crippen LogP contribution in [0.2, 0.25) is 0 Å². The summed E-state index contributed by atoms with van der Waals surface area (Å²) in [5.74, 6) is -0.721. The SMILES string of the molecule is NC(=O)c1nn(C[C@H](O)Cn2c3ccccc3c3ccccc32)c(=O)c2ccccc12. The van der Waals surface area contributed by atoms with E-state index >= 15 is 0 Å². The van der Waals surface area contributed by atoms with Crippen LogP contribution in [-0.4, -0.2) is 31.5 Å². The molecule has 1 atom stereocenters. The molecule has 154 valence electrons. The van der Waals surface area contributed by atoms with Gasteiger partial charge in [0, 0.05) is 27.2 Å². The molecular weight excluding hydrogens is 392 g/mol. The maximum absolute atomic E-state index is 12.9. The van der Waals surface area contributed by atoms with Crippen molar-refractivity contribution in [1.82, 2.24) is 14.3 Å². The van der Waals surface area contributed by atoms with Crippen molar-refractivity contribution in [2.45, 2.75) is 19.2 Å². The van der Waals surface area contributed by atoms with E-state index < -0.39 is 12.0 Å². The highest BCUT2D eigenvalue weighted by molar-refractivity contribution is 6.08. The van der Waals surface area contributed by atoms with Crippen LogP contribution in [0.3, 0.4) is 0 Å². The Hall–Kier alpha value is -3.97. The number of carbonyl (C=O) groups is 1. The van der Waals surface area contributed by atoms with E-state index in [9.17, 15) is 14.7 Å². The topological polar surface area (TPSA) is 103 Å². The van der Waals surface area contributed by atoms with Gasteiger partial charge in [-0.3, -0.25) is 9.59 Å². The second-order valence-corrected chi connectivity index (χ2v) is 7.54. The average molecular weight is 412 g/mol. The number of aromatic nitrogens is 3. The highest BCUT2D eigenvalue weighted by Gasteiger charge is 2.18. The molecule has 0 aliphatic heterocycles. The summed E-state index contributed by atoms with van der Waals surface area (Å²) >= 11 is 0. The molecule has 2 heterocycles. The fourth-order valence-corrected chi connectivity index (χ4v) is 4.21. The van der Waals surface area contributed by atoms with Gasteiger partial charge in [0.05, 0.1) is 24.6 Å². The van der Waals surface area contributed by atoms with Crippen LogP contribution >= 0.6 is 0 Å². The van der Waals surface area contributed by atoms with Crippen molar-refractivity contribution in [3.8, 4) is 0 Å². The Kier molecular flexibility index (Phi) is 4.52. The predicted molar refractivity (Wildman–Crippen MR) is 120 cm³/mol. The number of hydrogen-bond acceptors (Lipinski definition) is 4. The molecule has 0 aliphatic carbocycles. The number of rotatable bonds is 5. The van der Waals surface area contributed by atoms with Gasteiger partial charge in [0.15, 0.2) is 5.69 Å². The summed E-state index contributed by atoms with van der Waals surface area (Å²) in [5.41, 5.74) is 7.12. The number of carbonyl (C=O) groups excluding carboxylic acids is 1. The van der Waals surface area contributed by atoms with Crippen LogP contribution in [0.1, 0.15) is 10.5 Å². The first kappa shape index (κ1) is 19.0. The lowest BCUT2D eigenvalue weighted by Crippen LogP contribution is -2.33. The maximum Gasteiger partial charge on any atom is 0.274 e. The largest absolute Gasteiger partial charge is 0.389 e. The van der Waals surface area contributed by atoms with Crippen LogP contribution in [-0.2, 0) is 13.1 Å². The minimum atomic E-state index is -0.911. The van der Waals surface area contributed by atoms with E-state index in [1.165, 1.54) is 0 Å². The van der Waals surface area contributed by atoms with Crippen LogP contribution in [0, 0.1) is 0 Å². The van der Waals surface area contributed by atoms with Gasteiger partial charge < -0.3 is 15.4 Å². The summed E-state index contributed by atoms with van der Waals surface area (Å²) in [4.78, 5) is 24.8. The van der Waals surface area contributed by atoms with Gasteiger partial charge in [0.25, 0.3) is 11.5 Å². The summed E-state index contributed by atoms with van der Waals surface area (Å²) in [6.45, 7) is 0.200. The quantitative estimate of drug-likeness (QED) is 0.463. The van der Waals surface area contributed by atoms with Gasteiger partial charge in [-0.15, -0.1) is 0 Å². The number of amides is 1. The van der Waals surface area contributed by atoms with Crippen molar-refractivity contribution in [2.75, 3.05) is 0 Å². The van der Waals surface area contributed by atoms with Crippen molar-refractivity contribution in [1.29, 1.82) is 0 Å². The summed E-state index contributed by atoms with van der Waals surface area (Å²) in [6.07, 6.45) is -0.911. The molecule has 0 fully saturated rings. The number of hydrogen-bond donors (Lipinski definition) is 2. The monoisotopic (exact) mass is 412 g/mol. The van der Waals surface area contributed by atoms with Gasteiger partial charge in [0.1, 0.15) is 0 Å². The van der Waals surface area contributed by atoms with Crippen LogP contribution in [0.15, 0.2) is 77.6 Å². The summed E-state index contributed by atoms with van der Waals surface area (Å²) in [6, 6.07) is 22.7. The van der Waals surface area contributed by atoms with Crippen LogP contribution in [0.25, 0.3) is 32.6 Å². The summed E-state index contributed by atoms with van der Waals surface area (Å²) in [5, 5.41) is 18.0. The third-order valence-electron chi connectivity index (χ3n) is 5.56. The normalized spacial score (nSPS) is 12.5. The van der Waals surface area contributed by atoms with Gasteiger partial charge in [-0.05, 0) is 18.2 Å². The molecule has 0 unspecified atom stereocenters. The van der Waals surface area contributed by atoms with Crippen LogP contribution < -0.4 is 11.3 Å². The Bertz CT molecular complexity index is 1460. The van der Waals surface area contributed by atoms with Gasteiger partial charge in [0.2, 0.25) is 0 Å². The molecule has 7 nitrogen and oxygen atoms in total. The molecule has 5 aromatic rings. The molecule has 31 heavy (non-hydrogen) atoms. The molecule has 0 saturated heterocycles. The van der Waals surface area contributed by atoms with Crippen molar-refractivity contribution in [2.24, 2.45) is 5.73 Å². The van der Waals surface area contributed by atoms with Crippen molar-refractivity contribution >= 4 is 38.5 Å². The van der Waals surface area contributed by atoms with Gasteiger partial charge in [-0.2, -0.15) is 5.10 Å². The van der Waals surface area contributed by atoms with Gasteiger partial charge >= 0.3 is 0 Å². The molecule has 5 rings (SSSR count). The van der Waals surface area contributed by atoms with E-state index in [0.717, 1.165) is 26.5 Å². The van der Waals surface area contributed by atoms with E-state index in [2.05, 4.69) is 17.2 Å². The van der Waals surface area contributed by atoms with Crippen LogP contribution in [0.5, 0.6) is 0 Å². The fourth-order valence-electron chi connectivity index (χ4n) is 4.21. The summed E-state index contributed by atoms with van der Waals surface area (Å²) in [7, 11) is 0. The van der Waals surface area contributed by atoms with Crippen LogP contribution in [0.4, 0.5) is 0 Å². The third kappa shape index (κ3) is 3.15. The first-order valence-electron chi connectivity index (χ1n) is 9.98. The number of primary amides is 1. The van der Waals surface area contributed by atoms with E-state index in [0.29, 0.717) is 10.8 Å². The number of para-hydroxylation sites is 2. The van der Waals surface area contributed by atoms with Gasteiger partial charge in [-0.1, -0.05) is 54.6 Å². The molecule has 2 aromatic heterocycles. The molecule has 3 N–H and O–H groups in total. The van der Waals surface area contributed by atoms with Crippen molar-refractivity contribution in [3.05, 3.63) is 88.8 Å². The predicted octanol–water partition coefficient (Wildman–Crippen LogP) is 2.66. The molecule has 0 spiro atoms. The zero-order valence-corrected chi connectivity index (χ0v) is 16.6. The molecule has 0 bridgehead atoms. The smallest absolute Gasteiger partial charge is 0.274 e. The third-order valence-corrected chi connectivity index (χ3v) is 5.56. The Morgan fingerprint density at radius 2 is 1.35 bits per heavy atom. The second-order valence-electron chi connectivity index (χ2n) is 7.54. The highest BCUT2D eigenvalue weighted by atomic mass is 16.3. The number of benzene rings is 3. The lowest BCUT2D eigenvalue weighted by molar-refractivity contribution is 0.0990. The summed E-state index contributed by atoms with van der Waals surface area (Å²) < 4.78 is 3.16. The lowest BCUT2D eigenvalue weighted by Gasteiger charge is -2.16. The molecular formula is C24H20N4O3. The first-order chi connectivity index (χ1) is 15.0. The standard InChI is InChI=1S/C24H20N4O3/c25-23(30)22-18-9-1-2-10-19(18)24(31)28(26-22)14-15(29)13-27-20-11-5-3-7-16(20)17-8-4-6-12-21(17)27/h1-12,15,29H,13-14H2,(H2,25,30)/t15-/m1/s1. The first-order valence-corrected chi connectivity index (χ1v) is 9.98. The number of nitrogens with two attached hydrogens (primary N) is 1. The molecule has 0 saturated carbocycles. The number of aliphatic hydroxyl groups is 1. The fraction of sp³-hybridized carbons (Fsp3) is 0.125. The van der Waals surface area contributed by atoms with E-state index in [-0.39, 0.29) is 24.3 Å². The molecule has 0 radical (unpaired) electrons. The second kappa shape index (κ2) is 7.37. The minimum Gasteiger partial charge on any atom is -0.389 e. The number of aliphatic hydroxyl groups excluding tert-OH is 1. The Morgan fingerprint density at radius 3 is 1.94 bits per heavy atom. The lowest BCUT2D eigenvalue weighted by atomic mass is 10.1. The zero-order valence-electron chi connectivity index (χ0n) is 16.6. The van der Waals surface area contributed by atoms with Crippen molar-refractivity contribution in [3.63, 3.8) is 0 Å². The average Bonchev–Trinajstić information content (AvgIpc) is 3.09. The van der Waals surface area contributed by atoms with Gasteiger partial charge in [-0.25, -0.2) is 4.68 Å². The molecule has 3 aromatic carbocycles. The Balaban J connectivity index is 1.55. The van der Waals surface area contributed by atoms with Crippen molar-refractivity contribution < 1.29 is 9.90 Å². The Morgan fingerprint density at radius 1 is 0.839 bits per heavy atom. The number of nitrogens with zero attached hydrogens (tertiary/aromatic N) is 3.